The molecule has 3 rings (SSSR count). The molecule has 1 aliphatic heterocycles. The summed E-state index contributed by atoms with van der Waals surface area (Å²) in [4.78, 5) is 16.0. The molecule has 0 amide bonds. The maximum Gasteiger partial charge on any atom is 0.223 e. The van der Waals surface area contributed by atoms with Crippen molar-refractivity contribution in [1.29, 1.82) is 0 Å². The Morgan fingerprint density at radius 3 is 2.90 bits per heavy atom. The van der Waals surface area contributed by atoms with Crippen LogP contribution in [0.5, 0.6) is 0 Å². The Morgan fingerprint density at radius 2 is 2.20 bits per heavy atom. The lowest BCUT2D eigenvalue weighted by Crippen LogP contribution is -2.50. The van der Waals surface area contributed by atoms with Crippen molar-refractivity contribution in [3.8, 4) is 0 Å². The second kappa shape index (κ2) is 5.18. The zero-order chi connectivity index (χ0) is 14.3. The van der Waals surface area contributed by atoms with Gasteiger partial charge in [0.25, 0.3) is 0 Å². The maximum absolute atomic E-state index is 5.89. The fraction of sp³-hybridized carbons (Fsp3) is 0.571. The number of hydrogen-bond donors (Lipinski definition) is 1. The van der Waals surface area contributed by atoms with Gasteiger partial charge in [0.2, 0.25) is 5.95 Å². The molecule has 20 heavy (non-hydrogen) atoms. The number of nitrogen functional groups attached to an aromatic ring is 1. The first-order chi connectivity index (χ1) is 9.58. The van der Waals surface area contributed by atoms with E-state index >= 15 is 0 Å². The number of rotatable bonds is 2. The van der Waals surface area contributed by atoms with Crippen LogP contribution in [-0.4, -0.2) is 47.6 Å². The maximum atomic E-state index is 5.89. The summed E-state index contributed by atoms with van der Waals surface area (Å²) in [6.07, 6.45) is 1.03. The lowest BCUT2D eigenvalue weighted by atomic mass is 10.2. The van der Waals surface area contributed by atoms with Crippen molar-refractivity contribution in [3.63, 3.8) is 0 Å². The van der Waals surface area contributed by atoms with Gasteiger partial charge in [0.1, 0.15) is 10.6 Å². The molecule has 0 radical (unpaired) electrons. The minimum absolute atomic E-state index is 0.378. The second-order valence-electron chi connectivity index (χ2n) is 5.47. The molecule has 3 heterocycles. The van der Waals surface area contributed by atoms with Gasteiger partial charge in [-0.3, -0.25) is 0 Å². The third-order valence-electron chi connectivity index (χ3n) is 4.05. The topological polar surface area (TPSA) is 58.3 Å². The number of likely N-dealkylation sites (N-methyl/N-ethyl adjacent to an activating group) is 1. The van der Waals surface area contributed by atoms with Crippen LogP contribution in [0.2, 0.25) is 0 Å². The van der Waals surface area contributed by atoms with Crippen molar-refractivity contribution < 1.29 is 0 Å². The van der Waals surface area contributed by atoms with E-state index in [1.807, 2.05) is 0 Å². The molecule has 0 bridgehead atoms. The molecule has 2 aromatic heterocycles. The van der Waals surface area contributed by atoms with Gasteiger partial charge in [-0.2, -0.15) is 4.98 Å². The summed E-state index contributed by atoms with van der Waals surface area (Å²) >= 11 is 1.72. The first kappa shape index (κ1) is 13.6. The molecule has 6 heteroatoms. The smallest absolute Gasteiger partial charge is 0.223 e. The van der Waals surface area contributed by atoms with Gasteiger partial charge in [-0.05, 0) is 26.5 Å². The molecule has 0 aromatic carbocycles. The highest BCUT2D eigenvalue weighted by Gasteiger charge is 2.24. The van der Waals surface area contributed by atoms with Crippen molar-refractivity contribution in [2.45, 2.75) is 26.3 Å². The SMILES string of the molecule is CCc1cc2c(N3CCN(C)C(C)C3)nc(N)nc2s1. The van der Waals surface area contributed by atoms with Gasteiger partial charge >= 0.3 is 0 Å². The number of nitrogens with zero attached hydrogens (tertiary/aromatic N) is 4. The molecule has 1 saturated heterocycles. The summed E-state index contributed by atoms with van der Waals surface area (Å²) in [6.45, 7) is 7.44. The van der Waals surface area contributed by atoms with Crippen LogP contribution >= 0.6 is 11.3 Å². The number of aryl methyl sites for hydroxylation is 1. The zero-order valence-corrected chi connectivity index (χ0v) is 13.1. The lowest BCUT2D eigenvalue weighted by molar-refractivity contribution is 0.233. The van der Waals surface area contributed by atoms with Gasteiger partial charge in [0, 0.05) is 30.6 Å². The fourth-order valence-corrected chi connectivity index (χ4v) is 3.60. The summed E-state index contributed by atoms with van der Waals surface area (Å²) in [5, 5.41) is 1.15. The van der Waals surface area contributed by atoms with Crippen molar-refractivity contribution in [2.24, 2.45) is 0 Å². The predicted molar refractivity (Wildman–Crippen MR) is 85.5 cm³/mol. The van der Waals surface area contributed by atoms with Crippen LogP contribution < -0.4 is 10.6 Å². The Kier molecular flexibility index (Phi) is 3.52. The van der Waals surface area contributed by atoms with E-state index in [0.717, 1.165) is 42.1 Å². The highest BCUT2D eigenvalue weighted by Crippen LogP contribution is 2.32. The van der Waals surface area contributed by atoms with Gasteiger partial charge in [-0.1, -0.05) is 6.92 Å². The summed E-state index contributed by atoms with van der Waals surface area (Å²) in [5.74, 6) is 1.38. The Hall–Kier alpha value is -1.40. The van der Waals surface area contributed by atoms with Gasteiger partial charge < -0.3 is 15.5 Å². The zero-order valence-electron chi connectivity index (χ0n) is 12.3. The molecule has 0 aliphatic carbocycles. The van der Waals surface area contributed by atoms with Gasteiger partial charge in [-0.25, -0.2) is 4.98 Å². The van der Waals surface area contributed by atoms with Crippen molar-refractivity contribution in [3.05, 3.63) is 10.9 Å². The fourth-order valence-electron chi connectivity index (χ4n) is 2.63. The predicted octanol–water partition coefficient (Wildman–Crippen LogP) is 1.98. The summed E-state index contributed by atoms with van der Waals surface area (Å²) in [5.41, 5.74) is 5.89. The van der Waals surface area contributed by atoms with E-state index in [2.05, 4.69) is 46.7 Å². The van der Waals surface area contributed by atoms with Crippen LogP contribution in [-0.2, 0) is 6.42 Å². The minimum atomic E-state index is 0.378. The molecule has 108 valence electrons. The normalized spacial score (nSPS) is 20.8. The van der Waals surface area contributed by atoms with E-state index in [1.165, 1.54) is 4.88 Å². The number of piperazine rings is 1. The molecule has 1 unspecified atom stereocenters. The summed E-state index contributed by atoms with van der Waals surface area (Å²) in [6, 6.07) is 2.75. The van der Waals surface area contributed by atoms with E-state index in [0.29, 0.717) is 12.0 Å². The third kappa shape index (κ3) is 2.33. The largest absolute Gasteiger partial charge is 0.368 e. The molecule has 2 N–H and O–H groups in total. The molecule has 1 atom stereocenters. The molecule has 0 spiro atoms. The number of nitrogens with two attached hydrogens (primary N) is 1. The van der Waals surface area contributed by atoms with Crippen LogP contribution in [0.25, 0.3) is 10.2 Å². The van der Waals surface area contributed by atoms with Gasteiger partial charge in [-0.15, -0.1) is 11.3 Å². The lowest BCUT2D eigenvalue weighted by Gasteiger charge is -2.38. The molecule has 0 saturated carbocycles. The van der Waals surface area contributed by atoms with Gasteiger partial charge in [0.15, 0.2) is 0 Å². The summed E-state index contributed by atoms with van der Waals surface area (Å²) in [7, 11) is 2.17. The van der Waals surface area contributed by atoms with Crippen LogP contribution in [0.4, 0.5) is 11.8 Å². The highest BCUT2D eigenvalue weighted by atomic mass is 32.1. The number of thiophene rings is 1. The Balaban J connectivity index is 2.03. The van der Waals surface area contributed by atoms with Crippen molar-refractivity contribution in [1.82, 2.24) is 14.9 Å². The van der Waals surface area contributed by atoms with Crippen LogP contribution in [0.15, 0.2) is 6.07 Å². The third-order valence-corrected chi connectivity index (χ3v) is 5.22. The van der Waals surface area contributed by atoms with Crippen molar-refractivity contribution >= 4 is 33.3 Å². The minimum Gasteiger partial charge on any atom is -0.368 e. The van der Waals surface area contributed by atoms with E-state index in [-0.39, 0.29) is 0 Å². The Labute approximate surface area is 123 Å². The van der Waals surface area contributed by atoms with E-state index in [1.54, 1.807) is 11.3 Å². The molecular weight excluding hydrogens is 270 g/mol. The number of anilines is 2. The molecule has 5 nitrogen and oxygen atoms in total. The van der Waals surface area contributed by atoms with E-state index < -0.39 is 0 Å². The average molecular weight is 291 g/mol. The first-order valence-corrected chi connectivity index (χ1v) is 7.91. The molecule has 1 aliphatic rings. The van der Waals surface area contributed by atoms with Gasteiger partial charge in [0.05, 0.1) is 5.39 Å². The molecular formula is C14H21N5S. The monoisotopic (exact) mass is 291 g/mol. The quantitative estimate of drug-likeness (QED) is 0.917. The number of aromatic nitrogens is 2. The first-order valence-electron chi connectivity index (χ1n) is 7.09. The van der Waals surface area contributed by atoms with Crippen LogP contribution in [0.1, 0.15) is 18.7 Å². The highest BCUT2D eigenvalue weighted by molar-refractivity contribution is 7.18. The molecule has 2 aromatic rings. The Morgan fingerprint density at radius 1 is 1.40 bits per heavy atom. The second-order valence-corrected chi connectivity index (χ2v) is 6.58. The molecule has 1 fully saturated rings. The number of fused-ring (bicyclic) bond motifs is 1. The van der Waals surface area contributed by atoms with Crippen molar-refractivity contribution in [2.75, 3.05) is 37.3 Å². The standard InChI is InChI=1S/C14H21N5S/c1-4-10-7-11-12(16-14(15)17-13(11)20-10)19-6-5-18(3)9(2)8-19/h7,9H,4-6,8H2,1-3H3,(H2,15,16,17). The number of hydrogen-bond acceptors (Lipinski definition) is 6. The Bertz CT molecular complexity index is 623. The summed E-state index contributed by atoms with van der Waals surface area (Å²) < 4.78 is 0. The van der Waals surface area contributed by atoms with E-state index in [9.17, 15) is 0 Å². The van der Waals surface area contributed by atoms with Crippen LogP contribution in [0.3, 0.4) is 0 Å². The van der Waals surface area contributed by atoms with E-state index in [4.69, 9.17) is 5.73 Å². The van der Waals surface area contributed by atoms with Crippen LogP contribution in [0, 0.1) is 0 Å². The average Bonchev–Trinajstić information content (AvgIpc) is 2.83.